The molecule has 53 heavy (non-hydrogen) atoms. The number of H-pyrrole nitrogens is 1. The maximum atomic E-state index is 14.0. The Kier molecular flexibility index (Phi) is 9.34. The van der Waals surface area contributed by atoms with Gasteiger partial charge in [0.2, 0.25) is 0 Å². The van der Waals surface area contributed by atoms with E-state index in [1.807, 2.05) is 25.1 Å². The average molecular weight is 736 g/mol. The molecular formula is C38H44F3N7O5. The van der Waals surface area contributed by atoms with Crippen LogP contribution in [0.4, 0.5) is 23.8 Å². The van der Waals surface area contributed by atoms with Gasteiger partial charge in [-0.25, -0.2) is 4.79 Å². The van der Waals surface area contributed by atoms with Crippen molar-refractivity contribution in [3.8, 4) is 22.9 Å². The number of amides is 1. The smallest absolute Gasteiger partial charge is 0.422 e. The van der Waals surface area contributed by atoms with Crippen LogP contribution >= 0.6 is 0 Å². The molecule has 12 nitrogen and oxygen atoms in total. The summed E-state index contributed by atoms with van der Waals surface area (Å²) in [6, 6.07) is 6.23. The Labute approximate surface area is 304 Å². The SMILES string of the molecule is C=Cc1cc2c(N3CCC4(CC3)CN(C(=O)O)C4)nc(OC3CCN(C4CCOCC4)CC3)nc2c(OCC(F)(F)F)c1-c1c(C)ccc2[nH]ncc12. The first-order chi connectivity index (χ1) is 25.5. The second-order valence-corrected chi connectivity index (χ2v) is 14.9. The Morgan fingerprint density at radius 1 is 1.08 bits per heavy atom. The van der Waals surface area contributed by atoms with Crippen molar-refractivity contribution >= 4 is 39.8 Å². The Hall–Kier alpha value is -4.63. The summed E-state index contributed by atoms with van der Waals surface area (Å²) < 4.78 is 59.8. The number of aromatic amines is 1. The van der Waals surface area contributed by atoms with Crippen LogP contribution in [0.5, 0.6) is 11.8 Å². The number of hydrogen-bond donors (Lipinski definition) is 2. The minimum atomic E-state index is -4.62. The highest BCUT2D eigenvalue weighted by Crippen LogP contribution is 2.48. The topological polar surface area (TPSA) is 129 Å². The van der Waals surface area contributed by atoms with E-state index in [-0.39, 0.29) is 28.8 Å². The van der Waals surface area contributed by atoms with E-state index < -0.39 is 18.9 Å². The fourth-order valence-corrected chi connectivity index (χ4v) is 8.65. The first-order valence-corrected chi connectivity index (χ1v) is 18.4. The number of halogens is 3. The molecule has 1 spiro atoms. The Morgan fingerprint density at radius 3 is 2.49 bits per heavy atom. The highest BCUT2D eigenvalue weighted by atomic mass is 19.4. The number of alkyl halides is 3. The van der Waals surface area contributed by atoms with Gasteiger partial charge in [0.25, 0.3) is 0 Å². The van der Waals surface area contributed by atoms with Crippen molar-refractivity contribution in [3.05, 3.63) is 42.1 Å². The van der Waals surface area contributed by atoms with Crippen molar-refractivity contribution < 1.29 is 37.3 Å². The number of carboxylic acid groups (broad SMARTS) is 1. The molecule has 6 heterocycles. The van der Waals surface area contributed by atoms with E-state index >= 15 is 0 Å². The molecule has 4 aliphatic rings. The zero-order valence-electron chi connectivity index (χ0n) is 29.8. The third kappa shape index (κ3) is 6.96. The van der Waals surface area contributed by atoms with E-state index in [0.717, 1.165) is 81.3 Å². The number of likely N-dealkylation sites (tertiary alicyclic amines) is 2. The molecule has 0 radical (unpaired) electrons. The molecule has 4 aromatic rings. The summed E-state index contributed by atoms with van der Waals surface area (Å²) in [5.74, 6) is 0.512. The molecule has 4 aliphatic heterocycles. The molecule has 0 bridgehead atoms. The maximum Gasteiger partial charge on any atom is 0.422 e. The van der Waals surface area contributed by atoms with Crippen molar-refractivity contribution in [3.63, 3.8) is 0 Å². The number of hydrogen-bond acceptors (Lipinski definition) is 9. The van der Waals surface area contributed by atoms with E-state index in [1.165, 1.54) is 4.90 Å². The van der Waals surface area contributed by atoms with Gasteiger partial charge in [0, 0.05) is 80.3 Å². The van der Waals surface area contributed by atoms with Crippen molar-refractivity contribution in [2.24, 2.45) is 5.41 Å². The highest BCUT2D eigenvalue weighted by Gasteiger charge is 2.47. The van der Waals surface area contributed by atoms with Crippen LogP contribution in [0.15, 0.2) is 31.0 Å². The molecule has 8 rings (SSSR count). The third-order valence-corrected chi connectivity index (χ3v) is 11.5. The number of carbonyl (C=O) groups is 1. The van der Waals surface area contributed by atoms with Crippen molar-refractivity contribution in [2.75, 3.05) is 64.0 Å². The number of nitrogens with one attached hydrogen (secondary N) is 1. The van der Waals surface area contributed by atoms with Gasteiger partial charge in [-0.2, -0.15) is 28.2 Å². The minimum Gasteiger partial charge on any atom is -0.481 e. The number of fused-ring (bicyclic) bond motifs is 2. The average Bonchev–Trinajstić information content (AvgIpc) is 3.62. The summed E-state index contributed by atoms with van der Waals surface area (Å²) in [6.45, 7) is 9.83. The normalized spacial score (nSPS) is 20.2. The Balaban J connectivity index is 1.22. The quantitative estimate of drug-likeness (QED) is 0.203. The molecule has 4 saturated heterocycles. The molecular weight excluding hydrogens is 691 g/mol. The van der Waals surface area contributed by atoms with Crippen molar-refractivity contribution in [1.82, 2.24) is 30.0 Å². The van der Waals surface area contributed by atoms with Crippen LogP contribution < -0.4 is 14.4 Å². The molecule has 1 amide bonds. The lowest BCUT2D eigenvalue weighted by molar-refractivity contribution is -0.153. The molecule has 2 aromatic carbocycles. The molecule has 0 unspecified atom stereocenters. The van der Waals surface area contributed by atoms with Gasteiger partial charge in [0.1, 0.15) is 17.4 Å². The van der Waals surface area contributed by atoms with Gasteiger partial charge >= 0.3 is 18.3 Å². The second kappa shape index (κ2) is 14.0. The highest BCUT2D eigenvalue weighted by molar-refractivity contribution is 6.07. The maximum absolute atomic E-state index is 14.0. The fraction of sp³-hybridized carbons (Fsp3) is 0.526. The Bertz CT molecular complexity index is 2010. The van der Waals surface area contributed by atoms with Crippen LogP contribution in [0.25, 0.3) is 39.0 Å². The molecule has 0 atom stereocenters. The summed E-state index contributed by atoms with van der Waals surface area (Å²) >= 11 is 0. The predicted octanol–water partition coefficient (Wildman–Crippen LogP) is 6.67. The zero-order chi connectivity index (χ0) is 36.9. The number of aromatic nitrogens is 4. The van der Waals surface area contributed by atoms with Gasteiger partial charge in [-0.3, -0.25) is 10.00 Å². The second-order valence-electron chi connectivity index (χ2n) is 14.9. The van der Waals surface area contributed by atoms with Gasteiger partial charge in [0.15, 0.2) is 12.4 Å². The molecule has 2 aromatic heterocycles. The number of ether oxygens (including phenoxy) is 3. The molecule has 15 heteroatoms. The van der Waals surface area contributed by atoms with Crippen LogP contribution in [0.2, 0.25) is 0 Å². The third-order valence-electron chi connectivity index (χ3n) is 11.5. The van der Waals surface area contributed by atoms with Gasteiger partial charge in [0.05, 0.1) is 11.7 Å². The molecule has 282 valence electrons. The standard InChI is InChI=1S/C38H44F3N7O5/c1-3-24-18-27-32(33(52-22-38(39,40)41)31(24)30-23(2)4-5-29-28(30)19-42-45-29)43-35(53-26-6-12-46(13-7-26)25-8-16-51-17-9-25)44-34(27)47-14-10-37(11-15-47)20-48(21-37)36(49)50/h3-5,18-19,25-26H,1,6-17,20-22H2,2H3,(H,42,45)(H,49,50). The monoisotopic (exact) mass is 735 g/mol. The summed E-state index contributed by atoms with van der Waals surface area (Å²) in [5, 5.41) is 17.9. The number of benzene rings is 2. The lowest BCUT2D eigenvalue weighted by atomic mass is 9.72. The summed E-state index contributed by atoms with van der Waals surface area (Å²) in [7, 11) is 0. The molecule has 2 N–H and O–H groups in total. The van der Waals surface area contributed by atoms with Gasteiger partial charge < -0.3 is 29.1 Å². The summed E-state index contributed by atoms with van der Waals surface area (Å²) in [4.78, 5) is 27.4. The first-order valence-electron chi connectivity index (χ1n) is 18.4. The molecule has 0 aliphatic carbocycles. The molecule has 4 fully saturated rings. The number of piperidine rings is 2. The van der Waals surface area contributed by atoms with Crippen LogP contribution in [-0.4, -0.2) is 119 Å². The number of rotatable bonds is 8. The number of anilines is 1. The predicted molar refractivity (Wildman–Crippen MR) is 194 cm³/mol. The van der Waals surface area contributed by atoms with E-state index in [2.05, 4.69) is 26.6 Å². The minimum absolute atomic E-state index is 0.0288. The largest absolute Gasteiger partial charge is 0.481 e. The van der Waals surface area contributed by atoms with Crippen LogP contribution in [0, 0.1) is 12.3 Å². The zero-order valence-corrected chi connectivity index (χ0v) is 29.8. The summed E-state index contributed by atoms with van der Waals surface area (Å²) in [6.07, 6.45) is 2.60. The van der Waals surface area contributed by atoms with E-state index in [0.29, 0.717) is 60.1 Å². The Morgan fingerprint density at radius 2 is 1.81 bits per heavy atom. The van der Waals surface area contributed by atoms with Gasteiger partial charge in [-0.1, -0.05) is 18.7 Å². The number of aryl methyl sites for hydroxylation is 1. The van der Waals surface area contributed by atoms with E-state index in [9.17, 15) is 23.1 Å². The van der Waals surface area contributed by atoms with Crippen molar-refractivity contribution in [2.45, 2.75) is 63.8 Å². The van der Waals surface area contributed by atoms with E-state index in [4.69, 9.17) is 24.2 Å². The fourth-order valence-electron chi connectivity index (χ4n) is 8.65. The lowest BCUT2D eigenvalue weighted by Gasteiger charge is -2.53. The van der Waals surface area contributed by atoms with Gasteiger partial charge in [-0.05, 0) is 74.3 Å². The van der Waals surface area contributed by atoms with Crippen molar-refractivity contribution in [1.29, 1.82) is 0 Å². The van der Waals surface area contributed by atoms with Crippen LogP contribution in [-0.2, 0) is 4.74 Å². The van der Waals surface area contributed by atoms with Crippen LogP contribution in [0.3, 0.4) is 0 Å². The van der Waals surface area contributed by atoms with Crippen LogP contribution in [0.1, 0.15) is 49.7 Å². The summed E-state index contributed by atoms with van der Waals surface area (Å²) in [5.41, 5.74) is 3.32. The first kappa shape index (κ1) is 35.4. The van der Waals surface area contributed by atoms with E-state index in [1.54, 1.807) is 12.3 Å². The van der Waals surface area contributed by atoms with Gasteiger partial charge in [-0.15, -0.1) is 0 Å². The lowest BCUT2D eigenvalue weighted by Crippen LogP contribution is -2.61. The number of nitrogens with zero attached hydrogens (tertiary/aromatic N) is 6. The molecule has 0 saturated carbocycles.